The second-order valence-electron chi connectivity index (χ2n) is 7.32. The lowest BCUT2D eigenvalue weighted by atomic mass is 10.1. The highest BCUT2D eigenvalue weighted by Gasteiger charge is 2.28. The molecule has 1 N–H and O–H groups in total. The predicted octanol–water partition coefficient (Wildman–Crippen LogP) is 3.96. The summed E-state index contributed by atoms with van der Waals surface area (Å²) in [6, 6.07) is 21.2. The average Bonchev–Trinajstić information content (AvgIpc) is 2.73. The van der Waals surface area contributed by atoms with Crippen molar-refractivity contribution < 1.29 is 13.2 Å². The molecule has 0 aliphatic rings. The number of amides is 1. The first-order valence-electron chi connectivity index (χ1n) is 9.81. The minimum Gasteiger partial charge on any atom is -0.271 e. The maximum Gasteiger partial charge on any atom is 0.264 e. The minimum absolute atomic E-state index is 0.117. The van der Waals surface area contributed by atoms with Crippen molar-refractivity contribution in [2.75, 3.05) is 10.8 Å². The summed E-state index contributed by atoms with van der Waals surface area (Å²) in [4.78, 5) is 12.7. The fourth-order valence-electron chi connectivity index (χ4n) is 3.20. The van der Waals surface area contributed by atoms with Crippen LogP contribution in [-0.4, -0.2) is 27.1 Å². The van der Waals surface area contributed by atoms with Crippen LogP contribution in [0.1, 0.15) is 22.3 Å². The highest BCUT2D eigenvalue weighted by Crippen LogP contribution is 2.27. The number of anilines is 1. The highest BCUT2D eigenvalue weighted by atomic mass is 32.2. The Balaban J connectivity index is 1.87. The number of sulfonamides is 1. The van der Waals surface area contributed by atoms with Gasteiger partial charge in [0.2, 0.25) is 0 Å². The van der Waals surface area contributed by atoms with Crippen molar-refractivity contribution in [2.24, 2.45) is 5.10 Å². The summed E-state index contributed by atoms with van der Waals surface area (Å²) in [7, 11) is -3.95. The summed E-state index contributed by atoms with van der Waals surface area (Å²) in [5, 5.41) is 3.97. The maximum atomic E-state index is 13.3. The standard InChI is InChI=1S/C24H25N3O3S/c1-18-8-7-9-21(15-18)16-25-26-24(28)17-27(23-13-12-19(2)14-20(23)3)31(29,30)22-10-5-4-6-11-22/h4-16H,17H2,1-3H3,(H,26,28). The summed E-state index contributed by atoms with van der Waals surface area (Å²) < 4.78 is 27.8. The third-order valence-corrected chi connectivity index (χ3v) is 6.46. The molecule has 0 atom stereocenters. The van der Waals surface area contributed by atoms with E-state index in [4.69, 9.17) is 0 Å². The molecular weight excluding hydrogens is 410 g/mol. The Morgan fingerprint density at radius 3 is 2.32 bits per heavy atom. The molecule has 0 aromatic heterocycles. The van der Waals surface area contributed by atoms with E-state index in [1.54, 1.807) is 24.3 Å². The van der Waals surface area contributed by atoms with Crippen LogP contribution in [0, 0.1) is 20.8 Å². The second-order valence-corrected chi connectivity index (χ2v) is 9.18. The highest BCUT2D eigenvalue weighted by molar-refractivity contribution is 7.92. The summed E-state index contributed by atoms with van der Waals surface area (Å²) in [5.74, 6) is -0.539. The molecular formula is C24H25N3O3S. The first-order chi connectivity index (χ1) is 14.8. The first-order valence-corrected chi connectivity index (χ1v) is 11.2. The first kappa shape index (κ1) is 22.2. The summed E-state index contributed by atoms with van der Waals surface area (Å²) in [5.41, 5.74) is 6.56. The van der Waals surface area contributed by atoms with Crippen LogP contribution in [-0.2, 0) is 14.8 Å². The van der Waals surface area contributed by atoms with Crippen molar-refractivity contribution in [2.45, 2.75) is 25.7 Å². The Morgan fingerprint density at radius 1 is 0.935 bits per heavy atom. The van der Waals surface area contributed by atoms with Crippen molar-refractivity contribution in [1.82, 2.24) is 5.43 Å². The molecule has 7 heteroatoms. The topological polar surface area (TPSA) is 78.8 Å². The number of hydrogen-bond acceptors (Lipinski definition) is 4. The Morgan fingerprint density at radius 2 is 1.65 bits per heavy atom. The quantitative estimate of drug-likeness (QED) is 0.451. The van der Waals surface area contributed by atoms with Crippen LogP contribution in [0.25, 0.3) is 0 Å². The molecule has 0 bridgehead atoms. The second kappa shape index (κ2) is 9.57. The van der Waals surface area contributed by atoms with Gasteiger partial charge in [-0.15, -0.1) is 0 Å². The zero-order chi connectivity index (χ0) is 22.4. The average molecular weight is 436 g/mol. The predicted molar refractivity (Wildman–Crippen MR) is 124 cm³/mol. The van der Waals surface area contributed by atoms with Crippen molar-refractivity contribution in [3.8, 4) is 0 Å². The Labute approximate surface area is 183 Å². The lowest BCUT2D eigenvalue weighted by Gasteiger charge is -2.25. The molecule has 0 saturated heterocycles. The largest absolute Gasteiger partial charge is 0.271 e. The Kier molecular flexibility index (Phi) is 6.87. The van der Waals surface area contributed by atoms with E-state index in [1.165, 1.54) is 18.3 Å². The number of nitrogens with zero attached hydrogens (tertiary/aromatic N) is 2. The molecule has 31 heavy (non-hydrogen) atoms. The summed E-state index contributed by atoms with van der Waals surface area (Å²) in [6.07, 6.45) is 1.53. The van der Waals surface area contributed by atoms with Gasteiger partial charge in [-0.2, -0.15) is 5.10 Å². The van der Waals surface area contributed by atoms with Gasteiger partial charge in [-0.05, 0) is 50.1 Å². The van der Waals surface area contributed by atoms with Crippen LogP contribution in [0.15, 0.2) is 82.8 Å². The smallest absolute Gasteiger partial charge is 0.264 e. The van der Waals surface area contributed by atoms with Crippen LogP contribution in [0.2, 0.25) is 0 Å². The summed E-state index contributed by atoms with van der Waals surface area (Å²) in [6.45, 7) is 5.32. The van der Waals surface area contributed by atoms with Gasteiger partial charge >= 0.3 is 0 Å². The molecule has 0 unspecified atom stereocenters. The van der Waals surface area contributed by atoms with Crippen molar-refractivity contribution >= 4 is 27.8 Å². The monoisotopic (exact) mass is 435 g/mol. The normalized spacial score (nSPS) is 11.5. The molecule has 6 nitrogen and oxygen atoms in total. The van der Waals surface area contributed by atoms with Crippen molar-refractivity contribution in [3.63, 3.8) is 0 Å². The number of hydrazone groups is 1. The zero-order valence-corrected chi connectivity index (χ0v) is 18.6. The van der Waals surface area contributed by atoms with Gasteiger partial charge in [-0.1, -0.05) is 65.7 Å². The number of benzene rings is 3. The number of aryl methyl sites for hydroxylation is 3. The van der Waals surface area contributed by atoms with E-state index in [2.05, 4.69) is 10.5 Å². The van der Waals surface area contributed by atoms with Gasteiger partial charge in [0.25, 0.3) is 15.9 Å². The van der Waals surface area contributed by atoms with E-state index >= 15 is 0 Å². The SMILES string of the molecule is Cc1cccc(C=NNC(=O)CN(c2ccc(C)cc2C)S(=O)(=O)c2ccccc2)c1. The van der Waals surface area contributed by atoms with Gasteiger partial charge < -0.3 is 0 Å². The van der Waals surface area contributed by atoms with E-state index < -0.39 is 22.5 Å². The van der Waals surface area contributed by atoms with Gasteiger partial charge in [-0.25, -0.2) is 13.8 Å². The lowest BCUT2D eigenvalue weighted by molar-refractivity contribution is -0.119. The van der Waals surface area contributed by atoms with E-state index in [-0.39, 0.29) is 4.90 Å². The van der Waals surface area contributed by atoms with Gasteiger partial charge in [0.05, 0.1) is 16.8 Å². The fraction of sp³-hybridized carbons (Fsp3) is 0.167. The number of nitrogens with one attached hydrogen (secondary N) is 1. The Hall–Kier alpha value is -3.45. The fourth-order valence-corrected chi connectivity index (χ4v) is 4.71. The lowest BCUT2D eigenvalue weighted by Crippen LogP contribution is -2.40. The molecule has 0 radical (unpaired) electrons. The molecule has 3 aromatic carbocycles. The molecule has 0 spiro atoms. The summed E-state index contributed by atoms with van der Waals surface area (Å²) >= 11 is 0. The maximum absolute atomic E-state index is 13.3. The zero-order valence-electron chi connectivity index (χ0n) is 17.7. The van der Waals surface area contributed by atoms with Crippen LogP contribution in [0.5, 0.6) is 0 Å². The van der Waals surface area contributed by atoms with Crippen LogP contribution in [0.3, 0.4) is 0 Å². The van der Waals surface area contributed by atoms with E-state index in [1.807, 2.05) is 57.2 Å². The molecule has 160 valence electrons. The molecule has 0 aliphatic carbocycles. The van der Waals surface area contributed by atoms with Gasteiger partial charge in [-0.3, -0.25) is 9.10 Å². The third kappa shape index (κ3) is 5.58. The number of hydrogen-bond donors (Lipinski definition) is 1. The molecule has 0 aliphatic heterocycles. The number of carbonyl (C=O) groups is 1. The van der Waals surface area contributed by atoms with Gasteiger partial charge in [0.15, 0.2) is 0 Å². The molecule has 3 rings (SSSR count). The van der Waals surface area contributed by atoms with Crippen molar-refractivity contribution in [3.05, 3.63) is 95.1 Å². The van der Waals surface area contributed by atoms with Crippen LogP contribution < -0.4 is 9.73 Å². The van der Waals surface area contributed by atoms with E-state index in [9.17, 15) is 13.2 Å². The van der Waals surface area contributed by atoms with Crippen molar-refractivity contribution in [1.29, 1.82) is 0 Å². The third-order valence-electron chi connectivity index (χ3n) is 4.68. The minimum atomic E-state index is -3.95. The van der Waals surface area contributed by atoms with E-state index in [0.717, 1.165) is 26.6 Å². The number of carbonyl (C=O) groups excluding carboxylic acids is 1. The number of rotatable bonds is 7. The van der Waals surface area contributed by atoms with Crippen LogP contribution >= 0.6 is 0 Å². The Bertz CT molecular complexity index is 1210. The molecule has 0 fully saturated rings. The van der Waals surface area contributed by atoms with Crippen LogP contribution in [0.4, 0.5) is 5.69 Å². The molecule has 1 amide bonds. The molecule has 0 saturated carbocycles. The molecule has 3 aromatic rings. The van der Waals surface area contributed by atoms with Gasteiger partial charge in [0, 0.05) is 0 Å². The van der Waals surface area contributed by atoms with E-state index in [0.29, 0.717) is 5.69 Å². The van der Waals surface area contributed by atoms with Gasteiger partial charge in [0.1, 0.15) is 6.54 Å². The molecule has 0 heterocycles.